The van der Waals surface area contributed by atoms with E-state index in [1.807, 2.05) is 0 Å². The lowest BCUT2D eigenvalue weighted by atomic mass is 10.0. The summed E-state index contributed by atoms with van der Waals surface area (Å²) in [6, 6.07) is 0. The van der Waals surface area contributed by atoms with Crippen molar-refractivity contribution >= 4 is 13.8 Å². The average molecular weight is 662 g/mol. The fourth-order valence-electron chi connectivity index (χ4n) is 5.17. The first-order valence-corrected chi connectivity index (χ1v) is 20.2. The Morgan fingerprint density at radius 2 is 1.11 bits per heavy atom. The van der Waals surface area contributed by atoms with E-state index in [9.17, 15) is 14.3 Å². The Bertz CT molecular complexity index is 707. The van der Waals surface area contributed by atoms with Crippen LogP contribution in [0.4, 0.5) is 0 Å². The predicted octanol–water partition coefficient (Wildman–Crippen LogP) is 10.4. The summed E-state index contributed by atoms with van der Waals surface area (Å²) >= 11 is 0. The van der Waals surface area contributed by atoms with Gasteiger partial charge in [-0.2, -0.15) is 0 Å². The van der Waals surface area contributed by atoms with Crippen molar-refractivity contribution in [1.82, 2.24) is 0 Å². The number of ether oxygens (including phenoxy) is 2. The molecule has 0 aliphatic carbocycles. The molecule has 0 aromatic carbocycles. The number of carbonyl (C=O) groups is 1. The van der Waals surface area contributed by atoms with Gasteiger partial charge in [-0.05, 0) is 38.5 Å². The van der Waals surface area contributed by atoms with Crippen LogP contribution in [0.1, 0.15) is 174 Å². The molecule has 0 saturated heterocycles. The highest BCUT2D eigenvalue weighted by Gasteiger charge is 2.25. The van der Waals surface area contributed by atoms with Crippen LogP contribution >= 0.6 is 7.82 Å². The summed E-state index contributed by atoms with van der Waals surface area (Å²) < 4.78 is 33.2. The van der Waals surface area contributed by atoms with Gasteiger partial charge in [-0.15, -0.1) is 0 Å². The Balaban J connectivity index is 4.08. The summed E-state index contributed by atoms with van der Waals surface area (Å²) in [4.78, 5) is 22.3. The van der Waals surface area contributed by atoms with E-state index in [0.717, 1.165) is 44.9 Å². The van der Waals surface area contributed by atoms with Gasteiger partial charge < -0.3 is 20.1 Å². The molecule has 3 N–H and O–H groups in total. The fourth-order valence-corrected chi connectivity index (χ4v) is 5.93. The van der Waals surface area contributed by atoms with E-state index in [2.05, 4.69) is 26.0 Å². The molecule has 2 atom stereocenters. The van der Waals surface area contributed by atoms with Gasteiger partial charge >= 0.3 is 13.8 Å². The number of unbranched alkanes of at least 4 members (excludes halogenated alkanes) is 21. The number of allylic oxidation sites excluding steroid dienone is 2. The van der Waals surface area contributed by atoms with Crippen molar-refractivity contribution in [3.05, 3.63) is 12.2 Å². The number of carbonyl (C=O) groups excluding carboxylic acids is 1. The average Bonchev–Trinajstić information content (AvgIpc) is 3.02. The highest BCUT2D eigenvalue weighted by molar-refractivity contribution is 7.47. The van der Waals surface area contributed by atoms with E-state index in [1.54, 1.807) is 0 Å². The molecule has 0 heterocycles. The highest BCUT2D eigenvalue weighted by Crippen LogP contribution is 2.43. The molecule has 0 aromatic rings. The summed E-state index contributed by atoms with van der Waals surface area (Å²) in [5, 5.41) is 0. The summed E-state index contributed by atoms with van der Waals surface area (Å²) in [5.41, 5.74) is 5.35. The van der Waals surface area contributed by atoms with Gasteiger partial charge in [0.05, 0.1) is 19.8 Å². The quantitative estimate of drug-likeness (QED) is 0.0295. The van der Waals surface area contributed by atoms with Gasteiger partial charge in [-0.25, -0.2) is 4.57 Å². The van der Waals surface area contributed by atoms with E-state index in [4.69, 9.17) is 24.3 Å². The van der Waals surface area contributed by atoms with Gasteiger partial charge in [-0.3, -0.25) is 13.8 Å². The number of rotatable bonds is 36. The Kier molecular flexibility index (Phi) is 34.0. The Hall–Kier alpha value is -0.760. The van der Waals surface area contributed by atoms with Gasteiger partial charge in [0.15, 0.2) is 0 Å². The SMILES string of the molecule is CCCCC/C=C\CCCCCCCC(=O)O[C@H](COCCCCCCCCCCCCCCCC)COP(=O)(O)OCCN. The zero-order chi connectivity index (χ0) is 33.1. The minimum Gasteiger partial charge on any atom is -0.457 e. The first-order valence-electron chi connectivity index (χ1n) is 18.7. The third kappa shape index (κ3) is 34.4. The largest absolute Gasteiger partial charge is 0.472 e. The number of nitrogens with two attached hydrogens (primary N) is 1. The normalized spacial score (nSPS) is 13.8. The number of phosphoric ester groups is 1. The lowest BCUT2D eigenvalue weighted by Gasteiger charge is -2.20. The summed E-state index contributed by atoms with van der Waals surface area (Å²) in [6.45, 7) is 4.90. The lowest BCUT2D eigenvalue weighted by molar-refractivity contribution is -0.154. The van der Waals surface area contributed by atoms with Crippen molar-refractivity contribution in [2.75, 3.05) is 33.0 Å². The zero-order valence-corrected chi connectivity index (χ0v) is 30.3. The van der Waals surface area contributed by atoms with Crippen LogP contribution < -0.4 is 5.73 Å². The number of hydrogen-bond acceptors (Lipinski definition) is 7. The molecule has 0 aliphatic heterocycles. The monoisotopic (exact) mass is 662 g/mol. The van der Waals surface area contributed by atoms with Crippen molar-refractivity contribution in [3.8, 4) is 0 Å². The van der Waals surface area contributed by atoms with Crippen LogP contribution in [0.5, 0.6) is 0 Å². The summed E-state index contributed by atoms with van der Waals surface area (Å²) in [5.74, 6) is -0.339. The maximum atomic E-state index is 12.5. The zero-order valence-electron chi connectivity index (χ0n) is 29.4. The molecule has 0 bridgehead atoms. The maximum Gasteiger partial charge on any atom is 0.472 e. The Morgan fingerprint density at radius 1 is 0.644 bits per heavy atom. The minimum absolute atomic E-state index is 0.0941. The van der Waals surface area contributed by atoms with Crippen LogP contribution in [0.2, 0.25) is 0 Å². The second kappa shape index (κ2) is 34.6. The van der Waals surface area contributed by atoms with Crippen molar-refractivity contribution in [3.63, 3.8) is 0 Å². The second-order valence-corrected chi connectivity index (χ2v) is 13.9. The van der Waals surface area contributed by atoms with E-state index < -0.39 is 13.9 Å². The molecule has 0 radical (unpaired) electrons. The summed E-state index contributed by atoms with van der Waals surface area (Å²) in [6.07, 6.45) is 33.6. The molecule has 0 aliphatic rings. The van der Waals surface area contributed by atoms with E-state index in [1.165, 1.54) is 109 Å². The van der Waals surface area contributed by atoms with Gasteiger partial charge in [-0.1, -0.05) is 142 Å². The lowest BCUT2D eigenvalue weighted by Crippen LogP contribution is -2.28. The van der Waals surface area contributed by atoms with Gasteiger partial charge in [0, 0.05) is 19.6 Å². The second-order valence-electron chi connectivity index (χ2n) is 12.4. The van der Waals surface area contributed by atoms with Crippen LogP contribution in [0.15, 0.2) is 12.2 Å². The molecule has 8 nitrogen and oxygen atoms in total. The van der Waals surface area contributed by atoms with Crippen molar-refractivity contribution in [2.45, 2.75) is 180 Å². The molecule has 1 unspecified atom stereocenters. The van der Waals surface area contributed by atoms with Gasteiger partial charge in [0.2, 0.25) is 0 Å². The molecule has 0 saturated carbocycles. The molecule has 45 heavy (non-hydrogen) atoms. The van der Waals surface area contributed by atoms with E-state index in [-0.39, 0.29) is 32.3 Å². The van der Waals surface area contributed by atoms with Crippen LogP contribution in [0.25, 0.3) is 0 Å². The van der Waals surface area contributed by atoms with E-state index in [0.29, 0.717) is 13.0 Å². The molecule has 9 heteroatoms. The Morgan fingerprint density at radius 3 is 1.67 bits per heavy atom. The first kappa shape index (κ1) is 44.2. The molecule has 0 aromatic heterocycles. The van der Waals surface area contributed by atoms with E-state index >= 15 is 0 Å². The topological polar surface area (TPSA) is 117 Å². The summed E-state index contributed by atoms with van der Waals surface area (Å²) in [7, 11) is -4.26. The third-order valence-electron chi connectivity index (χ3n) is 7.93. The van der Waals surface area contributed by atoms with Crippen LogP contribution in [0, 0.1) is 0 Å². The van der Waals surface area contributed by atoms with Gasteiger partial charge in [0.25, 0.3) is 0 Å². The van der Waals surface area contributed by atoms with Gasteiger partial charge in [0.1, 0.15) is 6.10 Å². The number of hydrogen-bond donors (Lipinski definition) is 2. The Labute approximate surface area is 277 Å². The van der Waals surface area contributed by atoms with Crippen LogP contribution in [-0.2, 0) is 27.9 Å². The maximum absolute atomic E-state index is 12.5. The number of esters is 1. The molecule has 0 fully saturated rings. The molecule has 0 amide bonds. The highest BCUT2D eigenvalue weighted by atomic mass is 31.2. The molecular formula is C36H72NO7P. The van der Waals surface area contributed by atoms with Crippen molar-refractivity contribution < 1.29 is 32.8 Å². The van der Waals surface area contributed by atoms with Crippen molar-refractivity contribution in [2.24, 2.45) is 5.73 Å². The smallest absolute Gasteiger partial charge is 0.457 e. The van der Waals surface area contributed by atoms with Crippen molar-refractivity contribution in [1.29, 1.82) is 0 Å². The predicted molar refractivity (Wildman–Crippen MR) is 187 cm³/mol. The molecule has 0 spiro atoms. The van der Waals surface area contributed by atoms with Crippen LogP contribution in [-0.4, -0.2) is 49.9 Å². The molecule has 0 rings (SSSR count). The standard InChI is InChI=1S/C36H72NO7P/c1-3-5-7-9-11-13-15-17-18-20-22-24-26-28-31-41-33-35(34-43-45(39,40)42-32-30-37)44-36(38)29-27-25-23-21-19-16-14-12-10-8-6-4-2/h12,14,35H,3-11,13,15-34,37H2,1-2H3,(H,39,40)/b14-12-/t35-/m1/s1. The molecular weight excluding hydrogens is 589 g/mol. The fraction of sp³-hybridized carbons (Fsp3) is 0.917. The third-order valence-corrected chi connectivity index (χ3v) is 8.92. The molecule has 268 valence electrons. The minimum atomic E-state index is -4.26. The number of phosphoric acid groups is 1. The van der Waals surface area contributed by atoms with Crippen LogP contribution in [0.3, 0.4) is 0 Å². The first-order chi connectivity index (χ1) is 21.9.